The molecule has 0 bridgehead atoms. The van der Waals surface area contributed by atoms with Crippen LogP contribution >= 0.6 is 36.4 Å². The van der Waals surface area contributed by atoms with E-state index < -0.39 is 5.54 Å². The molecule has 142 valence electrons. The highest BCUT2D eigenvalue weighted by molar-refractivity contribution is 6.30. The van der Waals surface area contributed by atoms with Crippen molar-refractivity contribution in [3.63, 3.8) is 0 Å². The molecule has 0 unspecified atom stereocenters. The fraction of sp³-hybridized carbons (Fsp3) is 0.588. The van der Waals surface area contributed by atoms with Crippen LogP contribution < -0.4 is 10.6 Å². The lowest BCUT2D eigenvalue weighted by molar-refractivity contribution is -0.140. The highest BCUT2D eigenvalue weighted by Crippen LogP contribution is 2.26. The van der Waals surface area contributed by atoms with Crippen LogP contribution in [0.2, 0.25) is 5.02 Å². The summed E-state index contributed by atoms with van der Waals surface area (Å²) in [5.74, 6) is 0.0725. The third-order valence-corrected chi connectivity index (χ3v) is 5.12. The van der Waals surface area contributed by atoms with Gasteiger partial charge in [-0.05, 0) is 37.5 Å². The molecule has 1 aromatic carbocycles. The van der Waals surface area contributed by atoms with Gasteiger partial charge in [0, 0.05) is 50.1 Å². The molecule has 8 heteroatoms. The van der Waals surface area contributed by atoms with E-state index in [0.717, 1.165) is 23.8 Å². The molecule has 1 amide bonds. The molecule has 25 heavy (non-hydrogen) atoms. The molecule has 2 aliphatic heterocycles. The van der Waals surface area contributed by atoms with Crippen LogP contribution in [-0.2, 0) is 9.53 Å². The minimum atomic E-state index is -0.744. The molecular formula is C17H26Cl3N3O2. The summed E-state index contributed by atoms with van der Waals surface area (Å²) in [6, 6.07) is 5.94. The van der Waals surface area contributed by atoms with Crippen LogP contribution in [0.25, 0.3) is 0 Å². The topological polar surface area (TPSA) is 58.8 Å². The van der Waals surface area contributed by atoms with Crippen molar-refractivity contribution in [1.82, 2.24) is 4.90 Å². The molecule has 0 spiro atoms. The summed E-state index contributed by atoms with van der Waals surface area (Å²) < 4.78 is 5.33. The number of hydrogen-bond acceptors (Lipinski definition) is 4. The Morgan fingerprint density at radius 1 is 1.16 bits per heavy atom. The number of hydrogen-bond donors (Lipinski definition) is 1. The second-order valence-corrected chi connectivity index (χ2v) is 6.92. The number of nitrogens with two attached hydrogens (primary N) is 1. The first-order valence-corrected chi connectivity index (χ1v) is 8.54. The van der Waals surface area contributed by atoms with Crippen molar-refractivity contribution in [2.75, 3.05) is 44.3 Å². The second-order valence-electron chi connectivity index (χ2n) is 6.48. The number of amides is 1. The molecule has 1 aromatic rings. The number of halogens is 3. The Balaban J connectivity index is 0.00000156. The quantitative estimate of drug-likeness (QED) is 0.814. The van der Waals surface area contributed by atoms with Crippen LogP contribution in [0.3, 0.4) is 0 Å². The Morgan fingerprint density at radius 3 is 2.36 bits per heavy atom. The number of carbonyl (C=O) groups excluding carboxylic acids is 1. The fourth-order valence-electron chi connectivity index (χ4n) is 3.34. The van der Waals surface area contributed by atoms with Crippen LogP contribution in [0, 0.1) is 6.92 Å². The first kappa shape index (κ1) is 22.3. The SMILES string of the molecule is Cc1ccc(Cl)cc1N1CCN(C(=O)C2(N)CCOCC2)CC1.Cl.Cl. The summed E-state index contributed by atoms with van der Waals surface area (Å²) >= 11 is 6.12. The lowest BCUT2D eigenvalue weighted by Crippen LogP contribution is -2.61. The molecule has 0 atom stereocenters. The Morgan fingerprint density at radius 2 is 1.76 bits per heavy atom. The highest BCUT2D eigenvalue weighted by atomic mass is 35.5. The average Bonchev–Trinajstić information content (AvgIpc) is 2.57. The van der Waals surface area contributed by atoms with Gasteiger partial charge in [0.05, 0.1) is 5.54 Å². The summed E-state index contributed by atoms with van der Waals surface area (Å²) in [4.78, 5) is 16.9. The Bertz CT molecular complexity index is 587. The van der Waals surface area contributed by atoms with E-state index >= 15 is 0 Å². The summed E-state index contributed by atoms with van der Waals surface area (Å²) in [5.41, 5.74) is 7.93. The van der Waals surface area contributed by atoms with Gasteiger partial charge in [-0.3, -0.25) is 4.79 Å². The molecule has 0 aromatic heterocycles. The maximum absolute atomic E-state index is 12.7. The summed E-state index contributed by atoms with van der Waals surface area (Å²) in [5, 5.41) is 0.743. The molecular weight excluding hydrogens is 385 g/mol. The highest BCUT2D eigenvalue weighted by Gasteiger charge is 2.39. The predicted molar refractivity (Wildman–Crippen MR) is 106 cm³/mol. The average molecular weight is 411 g/mol. The number of anilines is 1. The number of ether oxygens (including phenoxy) is 1. The van der Waals surface area contributed by atoms with Gasteiger partial charge in [-0.1, -0.05) is 17.7 Å². The second kappa shape index (κ2) is 9.28. The summed E-state index contributed by atoms with van der Waals surface area (Å²) in [6.45, 7) is 6.24. The fourth-order valence-corrected chi connectivity index (χ4v) is 3.50. The third kappa shape index (κ3) is 4.92. The lowest BCUT2D eigenvalue weighted by atomic mass is 9.89. The van der Waals surface area contributed by atoms with Gasteiger partial charge in [-0.25, -0.2) is 0 Å². The standard InChI is InChI=1S/C17H24ClN3O2.2ClH/c1-13-2-3-14(18)12-15(13)20-6-8-21(9-7-20)16(22)17(19)4-10-23-11-5-17;;/h2-3,12H,4-11,19H2,1H3;2*1H. The molecule has 2 heterocycles. The van der Waals surface area contributed by atoms with Gasteiger partial charge < -0.3 is 20.3 Å². The maximum atomic E-state index is 12.7. The van der Waals surface area contributed by atoms with Crippen molar-refractivity contribution in [2.24, 2.45) is 5.73 Å². The molecule has 2 aliphatic rings. The number of piperazine rings is 1. The van der Waals surface area contributed by atoms with E-state index in [9.17, 15) is 4.79 Å². The van der Waals surface area contributed by atoms with Gasteiger partial charge in [-0.15, -0.1) is 24.8 Å². The van der Waals surface area contributed by atoms with Crippen molar-refractivity contribution < 1.29 is 9.53 Å². The van der Waals surface area contributed by atoms with Gasteiger partial charge in [0.1, 0.15) is 0 Å². The van der Waals surface area contributed by atoms with E-state index in [-0.39, 0.29) is 30.7 Å². The molecule has 3 rings (SSSR count). The minimum Gasteiger partial charge on any atom is -0.381 e. The van der Waals surface area contributed by atoms with Crippen LogP contribution in [0.15, 0.2) is 18.2 Å². The minimum absolute atomic E-state index is 0. The molecule has 0 saturated carbocycles. The van der Waals surface area contributed by atoms with Gasteiger partial charge in [0.15, 0.2) is 0 Å². The number of rotatable bonds is 2. The normalized spacial score (nSPS) is 19.6. The summed E-state index contributed by atoms with van der Waals surface area (Å²) in [6.07, 6.45) is 1.22. The van der Waals surface area contributed by atoms with Crippen LogP contribution in [0.4, 0.5) is 5.69 Å². The Kier molecular flexibility index (Phi) is 8.29. The van der Waals surface area contributed by atoms with Crippen molar-refractivity contribution >= 4 is 48.0 Å². The number of aryl methyl sites for hydroxylation is 1. The molecule has 0 aliphatic carbocycles. The van der Waals surface area contributed by atoms with Gasteiger partial charge in [0.25, 0.3) is 0 Å². The molecule has 0 radical (unpaired) electrons. The Labute approximate surface area is 166 Å². The largest absolute Gasteiger partial charge is 0.381 e. The molecule has 5 nitrogen and oxygen atoms in total. The number of carbonyl (C=O) groups is 1. The van der Waals surface area contributed by atoms with E-state index in [1.165, 1.54) is 5.56 Å². The zero-order valence-corrected chi connectivity index (χ0v) is 16.8. The number of nitrogens with zero attached hydrogens (tertiary/aromatic N) is 2. The molecule has 2 N–H and O–H groups in total. The van der Waals surface area contributed by atoms with Crippen LogP contribution in [-0.4, -0.2) is 55.7 Å². The van der Waals surface area contributed by atoms with Crippen LogP contribution in [0.1, 0.15) is 18.4 Å². The monoisotopic (exact) mass is 409 g/mol. The maximum Gasteiger partial charge on any atom is 0.242 e. The zero-order valence-electron chi connectivity index (χ0n) is 14.4. The van der Waals surface area contributed by atoms with Crippen molar-refractivity contribution in [2.45, 2.75) is 25.3 Å². The smallest absolute Gasteiger partial charge is 0.242 e. The first-order valence-electron chi connectivity index (χ1n) is 8.17. The summed E-state index contributed by atoms with van der Waals surface area (Å²) in [7, 11) is 0. The molecule has 2 fully saturated rings. The first-order chi connectivity index (χ1) is 11.0. The van der Waals surface area contributed by atoms with E-state index in [0.29, 0.717) is 39.1 Å². The van der Waals surface area contributed by atoms with Crippen molar-refractivity contribution in [3.8, 4) is 0 Å². The lowest BCUT2D eigenvalue weighted by Gasteiger charge is -2.41. The Hall–Kier alpha value is -0.720. The van der Waals surface area contributed by atoms with Gasteiger partial charge >= 0.3 is 0 Å². The van der Waals surface area contributed by atoms with E-state index in [1.54, 1.807) is 0 Å². The van der Waals surface area contributed by atoms with Crippen molar-refractivity contribution in [3.05, 3.63) is 28.8 Å². The van der Waals surface area contributed by atoms with E-state index in [2.05, 4.69) is 11.8 Å². The van der Waals surface area contributed by atoms with Gasteiger partial charge in [-0.2, -0.15) is 0 Å². The predicted octanol–water partition coefficient (Wildman–Crippen LogP) is 2.65. The van der Waals surface area contributed by atoms with Crippen LogP contribution in [0.5, 0.6) is 0 Å². The van der Waals surface area contributed by atoms with Gasteiger partial charge in [0.2, 0.25) is 5.91 Å². The van der Waals surface area contributed by atoms with E-state index in [1.807, 2.05) is 23.1 Å². The third-order valence-electron chi connectivity index (χ3n) is 4.89. The zero-order chi connectivity index (χ0) is 16.4. The van der Waals surface area contributed by atoms with E-state index in [4.69, 9.17) is 22.1 Å². The molecule has 2 saturated heterocycles. The van der Waals surface area contributed by atoms with Crippen molar-refractivity contribution in [1.29, 1.82) is 0 Å². The number of benzene rings is 1.